The number of Topliss-reactive ketones (excluding diaryl/α,β-unsaturated/α-hetero) is 1. The Morgan fingerprint density at radius 1 is 1.05 bits per heavy atom. The van der Waals surface area contributed by atoms with Gasteiger partial charge in [-0.05, 0) is 75.7 Å². The van der Waals surface area contributed by atoms with Gasteiger partial charge in [0.05, 0.1) is 11.7 Å². The number of rotatable bonds is 6. The molecule has 1 atom stereocenters. The number of aliphatic hydroxyl groups is 1. The number of aryl methyl sites for hydroxylation is 2. The molecule has 4 rings (SSSR count). The van der Waals surface area contributed by atoms with Gasteiger partial charge in [-0.1, -0.05) is 6.07 Å². The van der Waals surface area contributed by atoms with Gasteiger partial charge in [0.15, 0.2) is 0 Å². The van der Waals surface area contributed by atoms with E-state index in [1.54, 1.807) is 38.1 Å². The second-order valence-corrected chi connectivity index (χ2v) is 8.81. The highest BCUT2D eigenvalue weighted by Gasteiger charge is 2.48. The summed E-state index contributed by atoms with van der Waals surface area (Å²) in [5.74, 6) is -1.87. The van der Waals surface area contributed by atoms with Gasteiger partial charge in [0.1, 0.15) is 34.8 Å². The number of ketones is 1. The fourth-order valence-corrected chi connectivity index (χ4v) is 4.14. The van der Waals surface area contributed by atoms with Gasteiger partial charge in [-0.2, -0.15) is 0 Å². The number of amides is 1. The quantitative estimate of drug-likeness (QED) is 0.239. The SMILES string of the molecule is Cc1ccc(C2/C(=C(/O)c3ccc(OC(C)C)c(C)c3)C(=O)C(=O)N2c2cccc(OC(F)(F)F)c2)o1. The molecule has 0 radical (unpaired) electrons. The number of furan rings is 1. The Balaban J connectivity index is 1.85. The number of alkyl halides is 3. The van der Waals surface area contributed by atoms with Crippen molar-refractivity contribution >= 4 is 23.1 Å². The van der Waals surface area contributed by atoms with E-state index in [-0.39, 0.29) is 28.7 Å². The van der Waals surface area contributed by atoms with E-state index in [0.717, 1.165) is 17.0 Å². The summed E-state index contributed by atoms with van der Waals surface area (Å²) in [6.45, 7) is 7.17. The Bertz CT molecular complexity index is 1390. The van der Waals surface area contributed by atoms with Crippen LogP contribution in [0.5, 0.6) is 11.5 Å². The first-order valence-corrected chi connectivity index (χ1v) is 11.4. The lowest BCUT2D eigenvalue weighted by molar-refractivity contribution is -0.274. The summed E-state index contributed by atoms with van der Waals surface area (Å²) in [7, 11) is 0. The topological polar surface area (TPSA) is 89.2 Å². The first-order valence-electron chi connectivity index (χ1n) is 11.4. The Morgan fingerprint density at radius 2 is 1.78 bits per heavy atom. The second kappa shape index (κ2) is 9.68. The van der Waals surface area contributed by atoms with Gasteiger partial charge in [-0.25, -0.2) is 0 Å². The number of nitrogens with zero attached hydrogens (tertiary/aromatic N) is 1. The molecule has 0 bridgehead atoms. The van der Waals surface area contributed by atoms with Gasteiger partial charge in [0, 0.05) is 17.3 Å². The summed E-state index contributed by atoms with van der Waals surface area (Å²) >= 11 is 0. The van der Waals surface area contributed by atoms with Crippen molar-refractivity contribution in [3.8, 4) is 11.5 Å². The fourth-order valence-electron chi connectivity index (χ4n) is 4.14. The number of anilines is 1. The molecule has 1 amide bonds. The van der Waals surface area contributed by atoms with Crippen LogP contribution in [0.15, 0.2) is 64.6 Å². The molecule has 2 heterocycles. The summed E-state index contributed by atoms with van der Waals surface area (Å²) in [6.07, 6.45) is -5.03. The van der Waals surface area contributed by atoms with Crippen LogP contribution in [-0.4, -0.2) is 29.3 Å². The molecule has 7 nitrogen and oxygen atoms in total. The van der Waals surface area contributed by atoms with Gasteiger partial charge in [0.25, 0.3) is 11.7 Å². The smallest absolute Gasteiger partial charge is 0.507 e. The highest BCUT2D eigenvalue weighted by atomic mass is 19.4. The summed E-state index contributed by atoms with van der Waals surface area (Å²) in [5.41, 5.74) is 0.639. The molecule has 1 aromatic heterocycles. The lowest BCUT2D eigenvalue weighted by Crippen LogP contribution is -2.29. The van der Waals surface area contributed by atoms with Crippen molar-refractivity contribution in [3.05, 3.63) is 82.8 Å². The van der Waals surface area contributed by atoms with Crippen molar-refractivity contribution in [2.24, 2.45) is 0 Å². The molecule has 10 heteroatoms. The third-order valence-electron chi connectivity index (χ3n) is 5.62. The maximum Gasteiger partial charge on any atom is 0.573 e. The van der Waals surface area contributed by atoms with Gasteiger partial charge in [-0.3, -0.25) is 14.5 Å². The van der Waals surface area contributed by atoms with E-state index in [1.165, 1.54) is 18.2 Å². The van der Waals surface area contributed by atoms with E-state index in [2.05, 4.69) is 4.74 Å². The molecule has 2 aromatic carbocycles. The molecule has 0 spiro atoms. The lowest BCUT2D eigenvalue weighted by atomic mass is 9.98. The molecule has 1 saturated heterocycles. The molecule has 3 aromatic rings. The molecule has 1 aliphatic rings. The molecule has 1 fully saturated rings. The molecule has 1 N–H and O–H groups in total. The van der Waals surface area contributed by atoms with E-state index in [0.29, 0.717) is 17.1 Å². The van der Waals surface area contributed by atoms with Crippen molar-refractivity contribution in [1.82, 2.24) is 0 Å². The molecule has 0 aliphatic carbocycles. The zero-order valence-electron chi connectivity index (χ0n) is 20.4. The van der Waals surface area contributed by atoms with Crippen LogP contribution in [0, 0.1) is 13.8 Å². The molecule has 37 heavy (non-hydrogen) atoms. The zero-order chi connectivity index (χ0) is 27.1. The van der Waals surface area contributed by atoms with Crippen molar-refractivity contribution in [3.63, 3.8) is 0 Å². The number of aliphatic hydroxyl groups excluding tert-OH is 1. The van der Waals surface area contributed by atoms with Gasteiger partial charge in [0.2, 0.25) is 0 Å². The molecular weight excluding hydrogens is 491 g/mol. The van der Waals surface area contributed by atoms with Crippen LogP contribution in [0.25, 0.3) is 5.76 Å². The maximum atomic E-state index is 13.2. The normalized spacial score (nSPS) is 17.5. The third-order valence-corrected chi connectivity index (χ3v) is 5.62. The minimum atomic E-state index is -4.95. The van der Waals surface area contributed by atoms with Crippen LogP contribution < -0.4 is 14.4 Å². The van der Waals surface area contributed by atoms with Gasteiger partial charge >= 0.3 is 6.36 Å². The number of hydrogen-bond donors (Lipinski definition) is 1. The average Bonchev–Trinajstić information content (AvgIpc) is 3.34. The fraction of sp³-hybridized carbons (Fsp3) is 0.259. The lowest BCUT2D eigenvalue weighted by Gasteiger charge is -2.24. The minimum Gasteiger partial charge on any atom is -0.507 e. The molecular formula is C27H24F3NO6. The average molecular weight is 515 g/mol. The Kier molecular flexibility index (Phi) is 6.77. The number of hydrogen-bond acceptors (Lipinski definition) is 6. The summed E-state index contributed by atoms with van der Waals surface area (Å²) in [6, 6.07) is 11.4. The third kappa shape index (κ3) is 5.32. The maximum absolute atomic E-state index is 13.2. The van der Waals surface area contributed by atoms with Crippen LogP contribution in [-0.2, 0) is 9.59 Å². The van der Waals surface area contributed by atoms with Gasteiger partial charge in [-0.15, -0.1) is 13.2 Å². The van der Waals surface area contributed by atoms with Crippen LogP contribution in [0.3, 0.4) is 0 Å². The molecule has 194 valence electrons. The molecule has 1 aliphatic heterocycles. The van der Waals surface area contributed by atoms with Crippen molar-refractivity contribution in [1.29, 1.82) is 0 Å². The predicted molar refractivity (Wildman–Crippen MR) is 128 cm³/mol. The Labute approximate surface area is 210 Å². The highest BCUT2D eigenvalue weighted by molar-refractivity contribution is 6.51. The first-order chi connectivity index (χ1) is 17.4. The molecule has 0 saturated carbocycles. The highest BCUT2D eigenvalue weighted by Crippen LogP contribution is 2.43. The van der Waals surface area contributed by atoms with Crippen LogP contribution in [0.1, 0.15) is 42.5 Å². The predicted octanol–water partition coefficient (Wildman–Crippen LogP) is 6.21. The number of benzene rings is 2. The largest absolute Gasteiger partial charge is 0.573 e. The summed E-state index contributed by atoms with van der Waals surface area (Å²) in [5, 5.41) is 11.2. The van der Waals surface area contributed by atoms with E-state index >= 15 is 0 Å². The van der Waals surface area contributed by atoms with E-state index in [9.17, 15) is 27.9 Å². The number of halogens is 3. The van der Waals surface area contributed by atoms with E-state index in [1.807, 2.05) is 13.8 Å². The van der Waals surface area contributed by atoms with Crippen molar-refractivity contribution in [2.45, 2.75) is 46.2 Å². The standard InChI is InChI=1S/C27H24F3NO6/c1-14(2)35-20-11-9-17(12-15(20)3)24(32)22-23(21-10-8-16(4)36-21)31(26(34)25(22)33)18-6-5-7-19(13-18)37-27(28,29)30/h5-14,23,32H,1-4H3/b24-22-. The number of carbonyl (C=O) groups excluding carboxylic acids is 2. The van der Waals surface area contributed by atoms with E-state index < -0.39 is 35.6 Å². The number of ether oxygens (including phenoxy) is 2. The monoisotopic (exact) mass is 515 g/mol. The number of carbonyl (C=O) groups is 2. The summed E-state index contributed by atoms with van der Waals surface area (Å²) < 4.78 is 53.8. The van der Waals surface area contributed by atoms with Crippen LogP contribution in [0.4, 0.5) is 18.9 Å². The Morgan fingerprint density at radius 3 is 2.38 bits per heavy atom. The van der Waals surface area contributed by atoms with Gasteiger partial charge < -0.3 is 19.0 Å². The minimum absolute atomic E-state index is 0.0428. The molecule has 1 unspecified atom stereocenters. The first kappa shape index (κ1) is 25.9. The van der Waals surface area contributed by atoms with E-state index in [4.69, 9.17) is 9.15 Å². The van der Waals surface area contributed by atoms with Crippen LogP contribution in [0.2, 0.25) is 0 Å². The second-order valence-electron chi connectivity index (χ2n) is 8.81. The Hall–Kier alpha value is -4.21. The summed E-state index contributed by atoms with van der Waals surface area (Å²) in [4.78, 5) is 27.4. The van der Waals surface area contributed by atoms with Crippen molar-refractivity contribution < 1.29 is 41.8 Å². The zero-order valence-corrected chi connectivity index (χ0v) is 20.4. The van der Waals surface area contributed by atoms with Crippen LogP contribution >= 0.6 is 0 Å². The van der Waals surface area contributed by atoms with Crippen molar-refractivity contribution in [2.75, 3.05) is 4.90 Å².